The lowest BCUT2D eigenvalue weighted by Gasteiger charge is -2.19. The Kier molecular flexibility index (Phi) is 5.31. The van der Waals surface area contributed by atoms with E-state index in [4.69, 9.17) is 0 Å². The van der Waals surface area contributed by atoms with Crippen LogP contribution in [0.3, 0.4) is 0 Å². The SMILES string of the molecule is CN(CCNC(=O)c1cnc(-c2cccnc2)nc1)c1ccccc1. The van der Waals surface area contributed by atoms with Crippen molar-refractivity contribution in [1.82, 2.24) is 20.3 Å². The number of nitrogens with zero attached hydrogens (tertiary/aromatic N) is 4. The molecule has 0 fully saturated rings. The number of hydrogen-bond acceptors (Lipinski definition) is 5. The summed E-state index contributed by atoms with van der Waals surface area (Å²) < 4.78 is 0. The van der Waals surface area contributed by atoms with E-state index in [9.17, 15) is 4.79 Å². The Hall–Kier alpha value is -3.28. The number of rotatable bonds is 6. The summed E-state index contributed by atoms with van der Waals surface area (Å²) in [5.41, 5.74) is 2.37. The lowest BCUT2D eigenvalue weighted by molar-refractivity contribution is 0.0954. The highest BCUT2D eigenvalue weighted by molar-refractivity contribution is 5.93. The van der Waals surface area contributed by atoms with Gasteiger partial charge in [-0.15, -0.1) is 0 Å². The monoisotopic (exact) mass is 333 g/mol. The maximum Gasteiger partial charge on any atom is 0.254 e. The summed E-state index contributed by atoms with van der Waals surface area (Å²) in [6, 6.07) is 13.7. The first kappa shape index (κ1) is 16.6. The molecule has 0 radical (unpaired) electrons. The van der Waals surface area contributed by atoms with Gasteiger partial charge in [0.2, 0.25) is 0 Å². The van der Waals surface area contributed by atoms with Crippen LogP contribution >= 0.6 is 0 Å². The van der Waals surface area contributed by atoms with Crippen molar-refractivity contribution in [1.29, 1.82) is 0 Å². The quantitative estimate of drug-likeness (QED) is 0.750. The highest BCUT2D eigenvalue weighted by Gasteiger charge is 2.08. The maximum atomic E-state index is 12.2. The number of anilines is 1. The van der Waals surface area contributed by atoms with Crippen LogP contribution in [0.25, 0.3) is 11.4 Å². The largest absolute Gasteiger partial charge is 0.373 e. The number of pyridine rings is 1. The first-order valence-electron chi connectivity index (χ1n) is 8.01. The highest BCUT2D eigenvalue weighted by Crippen LogP contribution is 2.12. The van der Waals surface area contributed by atoms with Gasteiger partial charge in [-0.2, -0.15) is 0 Å². The Balaban J connectivity index is 1.53. The van der Waals surface area contributed by atoms with Crippen LogP contribution in [0.15, 0.2) is 67.3 Å². The van der Waals surface area contributed by atoms with E-state index in [0.717, 1.165) is 11.3 Å². The molecule has 2 heterocycles. The van der Waals surface area contributed by atoms with Crippen molar-refractivity contribution in [3.8, 4) is 11.4 Å². The summed E-state index contributed by atoms with van der Waals surface area (Å²) in [5.74, 6) is 0.368. The molecule has 6 heteroatoms. The molecule has 3 aromatic rings. The molecule has 3 rings (SSSR count). The smallest absolute Gasteiger partial charge is 0.254 e. The first-order valence-corrected chi connectivity index (χ1v) is 8.01. The van der Waals surface area contributed by atoms with Crippen molar-refractivity contribution in [3.05, 3.63) is 72.8 Å². The molecule has 126 valence electrons. The molecule has 6 nitrogen and oxygen atoms in total. The molecule has 0 aliphatic heterocycles. The first-order chi connectivity index (χ1) is 12.2. The molecule has 0 atom stereocenters. The number of aromatic nitrogens is 3. The number of benzene rings is 1. The molecule has 0 aliphatic rings. The van der Waals surface area contributed by atoms with E-state index >= 15 is 0 Å². The zero-order valence-electron chi connectivity index (χ0n) is 14.0. The Morgan fingerprint density at radius 2 is 1.80 bits per heavy atom. The van der Waals surface area contributed by atoms with Gasteiger partial charge in [0.15, 0.2) is 5.82 Å². The third-order valence-electron chi connectivity index (χ3n) is 3.76. The predicted molar refractivity (Wildman–Crippen MR) is 97.3 cm³/mol. The molecule has 0 saturated carbocycles. The molecule has 25 heavy (non-hydrogen) atoms. The highest BCUT2D eigenvalue weighted by atomic mass is 16.1. The second-order valence-corrected chi connectivity index (χ2v) is 5.55. The zero-order chi connectivity index (χ0) is 17.5. The molecule has 0 saturated heterocycles. The minimum absolute atomic E-state index is 0.181. The third kappa shape index (κ3) is 4.38. The van der Waals surface area contributed by atoms with Gasteiger partial charge in [-0.05, 0) is 24.3 Å². The van der Waals surface area contributed by atoms with E-state index < -0.39 is 0 Å². The van der Waals surface area contributed by atoms with E-state index in [-0.39, 0.29) is 5.91 Å². The van der Waals surface area contributed by atoms with E-state index in [2.05, 4.69) is 25.2 Å². The second kappa shape index (κ2) is 8.01. The van der Waals surface area contributed by atoms with Gasteiger partial charge >= 0.3 is 0 Å². The summed E-state index contributed by atoms with van der Waals surface area (Å²) in [4.78, 5) is 26.8. The minimum atomic E-state index is -0.181. The lowest BCUT2D eigenvalue weighted by Crippen LogP contribution is -2.33. The Bertz CT molecular complexity index is 806. The normalized spacial score (nSPS) is 10.3. The average Bonchev–Trinajstić information content (AvgIpc) is 2.69. The number of para-hydroxylation sites is 1. The van der Waals surface area contributed by atoms with Gasteiger partial charge in [-0.1, -0.05) is 18.2 Å². The molecule has 2 aromatic heterocycles. The fourth-order valence-corrected chi connectivity index (χ4v) is 2.34. The van der Waals surface area contributed by atoms with Gasteiger partial charge in [0.25, 0.3) is 5.91 Å². The van der Waals surface area contributed by atoms with E-state index in [1.807, 2.05) is 49.5 Å². The van der Waals surface area contributed by atoms with Gasteiger partial charge in [-0.25, -0.2) is 9.97 Å². The summed E-state index contributed by atoms with van der Waals surface area (Å²) in [7, 11) is 1.99. The minimum Gasteiger partial charge on any atom is -0.373 e. The maximum absolute atomic E-state index is 12.2. The number of likely N-dealkylation sites (N-methyl/N-ethyl adjacent to an activating group) is 1. The number of amides is 1. The number of nitrogens with one attached hydrogen (secondary N) is 1. The van der Waals surface area contributed by atoms with Crippen LogP contribution in [0.2, 0.25) is 0 Å². The van der Waals surface area contributed by atoms with Crippen molar-refractivity contribution in [2.24, 2.45) is 0 Å². The third-order valence-corrected chi connectivity index (χ3v) is 3.76. The molecular weight excluding hydrogens is 314 g/mol. The van der Waals surface area contributed by atoms with Gasteiger partial charge in [0.1, 0.15) is 0 Å². The van der Waals surface area contributed by atoms with Crippen LogP contribution < -0.4 is 10.2 Å². The number of carbonyl (C=O) groups is 1. The lowest BCUT2D eigenvalue weighted by atomic mass is 10.2. The molecule has 0 aliphatic carbocycles. The zero-order valence-corrected chi connectivity index (χ0v) is 14.0. The van der Waals surface area contributed by atoms with Crippen molar-refractivity contribution >= 4 is 11.6 Å². The van der Waals surface area contributed by atoms with Gasteiger partial charge in [0.05, 0.1) is 5.56 Å². The van der Waals surface area contributed by atoms with E-state index in [1.165, 1.54) is 12.4 Å². The molecular formula is C19H19N5O. The fraction of sp³-hybridized carbons (Fsp3) is 0.158. The van der Waals surface area contributed by atoms with Crippen LogP contribution in [-0.2, 0) is 0 Å². The summed E-state index contributed by atoms with van der Waals surface area (Å²) >= 11 is 0. The predicted octanol–water partition coefficient (Wildman–Crippen LogP) is 2.40. The average molecular weight is 333 g/mol. The van der Waals surface area contributed by atoms with Crippen molar-refractivity contribution in [3.63, 3.8) is 0 Å². The van der Waals surface area contributed by atoms with Gasteiger partial charge in [0, 0.05) is 56.2 Å². The fourth-order valence-electron chi connectivity index (χ4n) is 2.34. The Morgan fingerprint density at radius 3 is 2.48 bits per heavy atom. The van der Waals surface area contributed by atoms with Crippen LogP contribution in [0, 0.1) is 0 Å². The second-order valence-electron chi connectivity index (χ2n) is 5.55. The van der Waals surface area contributed by atoms with E-state index in [1.54, 1.807) is 12.4 Å². The van der Waals surface area contributed by atoms with Gasteiger partial charge < -0.3 is 10.2 Å². The number of carbonyl (C=O) groups excluding carboxylic acids is 1. The summed E-state index contributed by atoms with van der Waals surface area (Å²) in [6.45, 7) is 1.25. The Morgan fingerprint density at radius 1 is 1.04 bits per heavy atom. The summed E-state index contributed by atoms with van der Waals surface area (Å²) in [6.07, 6.45) is 6.45. The van der Waals surface area contributed by atoms with Crippen molar-refractivity contribution < 1.29 is 4.79 Å². The van der Waals surface area contributed by atoms with Crippen LogP contribution in [0.5, 0.6) is 0 Å². The molecule has 0 unspecified atom stereocenters. The molecule has 0 bridgehead atoms. The van der Waals surface area contributed by atoms with Crippen molar-refractivity contribution in [2.75, 3.05) is 25.0 Å². The van der Waals surface area contributed by atoms with Gasteiger partial charge in [-0.3, -0.25) is 9.78 Å². The molecule has 1 amide bonds. The van der Waals surface area contributed by atoms with Crippen LogP contribution in [-0.4, -0.2) is 41.0 Å². The molecule has 1 aromatic carbocycles. The topological polar surface area (TPSA) is 71.0 Å². The van der Waals surface area contributed by atoms with Crippen molar-refractivity contribution in [2.45, 2.75) is 0 Å². The van der Waals surface area contributed by atoms with Crippen LogP contribution in [0.1, 0.15) is 10.4 Å². The van der Waals surface area contributed by atoms with Crippen LogP contribution in [0.4, 0.5) is 5.69 Å². The summed E-state index contributed by atoms with van der Waals surface area (Å²) in [5, 5.41) is 2.89. The standard InChI is InChI=1S/C19H19N5O/c1-24(17-7-3-2-4-8-17)11-10-21-19(25)16-13-22-18(23-14-16)15-6-5-9-20-12-15/h2-9,12-14H,10-11H2,1H3,(H,21,25). The molecule has 0 spiro atoms. The Labute approximate surface area is 146 Å². The number of hydrogen-bond donors (Lipinski definition) is 1. The molecule has 1 N–H and O–H groups in total. The van der Waals surface area contributed by atoms with E-state index in [0.29, 0.717) is 24.5 Å².